The standard InChI is InChI=1S/C18H24N4O/c1-13(2)22(3)12-15-7-5-4-6-14(15)10-21-17-8-9-20-11-16(17)18(19)23/h4-9,11,13H,10,12H2,1-3H3,(H2,19,23)(H,20,21). The van der Waals surface area contributed by atoms with Crippen LogP contribution in [0.4, 0.5) is 5.69 Å². The van der Waals surface area contributed by atoms with E-state index in [4.69, 9.17) is 5.73 Å². The minimum atomic E-state index is -0.478. The quantitative estimate of drug-likeness (QED) is 0.824. The first-order chi connectivity index (χ1) is 11.0. The fourth-order valence-electron chi connectivity index (χ4n) is 2.27. The molecule has 1 aromatic carbocycles. The van der Waals surface area contributed by atoms with Crippen molar-refractivity contribution in [2.24, 2.45) is 5.73 Å². The number of aromatic nitrogens is 1. The highest BCUT2D eigenvalue weighted by molar-refractivity contribution is 5.98. The number of primary amides is 1. The zero-order chi connectivity index (χ0) is 16.8. The van der Waals surface area contributed by atoms with E-state index in [0.29, 0.717) is 23.8 Å². The Bertz CT molecular complexity index is 670. The molecule has 23 heavy (non-hydrogen) atoms. The predicted octanol–water partition coefficient (Wildman–Crippen LogP) is 2.63. The number of rotatable bonds is 7. The van der Waals surface area contributed by atoms with Crippen molar-refractivity contribution < 1.29 is 4.79 Å². The molecule has 0 aliphatic carbocycles. The Kier molecular flexibility index (Phi) is 5.71. The molecule has 5 heteroatoms. The van der Waals surface area contributed by atoms with Crippen molar-refractivity contribution >= 4 is 11.6 Å². The van der Waals surface area contributed by atoms with Crippen molar-refractivity contribution in [3.8, 4) is 0 Å². The molecule has 0 saturated carbocycles. The summed E-state index contributed by atoms with van der Waals surface area (Å²) >= 11 is 0. The summed E-state index contributed by atoms with van der Waals surface area (Å²) in [6, 6.07) is 10.6. The Morgan fingerprint density at radius 3 is 2.61 bits per heavy atom. The van der Waals surface area contributed by atoms with Crippen LogP contribution in [0.2, 0.25) is 0 Å². The third-order valence-electron chi connectivity index (χ3n) is 3.98. The van der Waals surface area contributed by atoms with E-state index in [1.807, 2.05) is 12.1 Å². The number of benzene rings is 1. The van der Waals surface area contributed by atoms with Crippen LogP contribution in [0.5, 0.6) is 0 Å². The maximum absolute atomic E-state index is 11.5. The number of hydrogen-bond donors (Lipinski definition) is 2. The summed E-state index contributed by atoms with van der Waals surface area (Å²) in [5.41, 5.74) is 8.97. The van der Waals surface area contributed by atoms with Crippen LogP contribution in [0.15, 0.2) is 42.7 Å². The zero-order valence-corrected chi connectivity index (χ0v) is 13.9. The number of carbonyl (C=O) groups is 1. The smallest absolute Gasteiger partial charge is 0.252 e. The number of nitrogens with two attached hydrogens (primary N) is 1. The van der Waals surface area contributed by atoms with Crippen LogP contribution in [0.1, 0.15) is 35.3 Å². The van der Waals surface area contributed by atoms with E-state index in [-0.39, 0.29) is 0 Å². The summed E-state index contributed by atoms with van der Waals surface area (Å²) in [5.74, 6) is -0.478. The number of nitrogens with one attached hydrogen (secondary N) is 1. The molecule has 0 spiro atoms. The first-order valence-corrected chi connectivity index (χ1v) is 7.73. The average molecular weight is 312 g/mol. The minimum Gasteiger partial charge on any atom is -0.380 e. The highest BCUT2D eigenvalue weighted by Crippen LogP contribution is 2.17. The lowest BCUT2D eigenvalue weighted by molar-refractivity contribution is 0.100. The molecule has 0 atom stereocenters. The van der Waals surface area contributed by atoms with Crippen LogP contribution in [0.25, 0.3) is 0 Å². The summed E-state index contributed by atoms with van der Waals surface area (Å²) in [7, 11) is 2.11. The summed E-state index contributed by atoms with van der Waals surface area (Å²) < 4.78 is 0. The van der Waals surface area contributed by atoms with Crippen molar-refractivity contribution in [2.75, 3.05) is 12.4 Å². The van der Waals surface area contributed by atoms with Crippen LogP contribution in [0, 0.1) is 0 Å². The van der Waals surface area contributed by atoms with Gasteiger partial charge in [-0.25, -0.2) is 0 Å². The van der Waals surface area contributed by atoms with E-state index in [9.17, 15) is 4.79 Å². The van der Waals surface area contributed by atoms with Crippen molar-refractivity contribution in [3.05, 3.63) is 59.4 Å². The van der Waals surface area contributed by atoms with Gasteiger partial charge in [-0.15, -0.1) is 0 Å². The molecule has 1 aromatic heterocycles. The Morgan fingerprint density at radius 1 is 1.26 bits per heavy atom. The monoisotopic (exact) mass is 312 g/mol. The first kappa shape index (κ1) is 17.0. The molecule has 2 aromatic rings. The zero-order valence-electron chi connectivity index (χ0n) is 13.9. The molecular formula is C18H24N4O. The second-order valence-electron chi connectivity index (χ2n) is 5.92. The third-order valence-corrected chi connectivity index (χ3v) is 3.98. The van der Waals surface area contributed by atoms with Crippen LogP contribution in [-0.4, -0.2) is 28.9 Å². The Morgan fingerprint density at radius 2 is 1.96 bits per heavy atom. The molecular weight excluding hydrogens is 288 g/mol. The van der Waals surface area contributed by atoms with Crippen molar-refractivity contribution in [3.63, 3.8) is 0 Å². The highest BCUT2D eigenvalue weighted by atomic mass is 16.1. The second kappa shape index (κ2) is 7.74. The summed E-state index contributed by atoms with van der Waals surface area (Å²) in [4.78, 5) is 17.7. The van der Waals surface area contributed by atoms with E-state index < -0.39 is 5.91 Å². The molecule has 0 radical (unpaired) electrons. The van der Waals surface area contributed by atoms with E-state index in [0.717, 1.165) is 6.54 Å². The molecule has 0 aliphatic heterocycles. The number of pyridine rings is 1. The highest BCUT2D eigenvalue weighted by Gasteiger charge is 2.10. The van der Waals surface area contributed by atoms with Crippen LogP contribution in [-0.2, 0) is 13.1 Å². The summed E-state index contributed by atoms with van der Waals surface area (Å²) in [5, 5.41) is 3.29. The summed E-state index contributed by atoms with van der Waals surface area (Å²) in [6.07, 6.45) is 3.14. The molecule has 0 aliphatic rings. The van der Waals surface area contributed by atoms with Gasteiger partial charge in [0.15, 0.2) is 0 Å². The molecule has 1 amide bonds. The van der Waals surface area contributed by atoms with Crippen LogP contribution in [0.3, 0.4) is 0 Å². The largest absolute Gasteiger partial charge is 0.380 e. The maximum atomic E-state index is 11.5. The van der Waals surface area contributed by atoms with Crippen molar-refractivity contribution in [1.29, 1.82) is 0 Å². The second-order valence-corrected chi connectivity index (χ2v) is 5.92. The SMILES string of the molecule is CC(C)N(C)Cc1ccccc1CNc1ccncc1C(N)=O. The van der Waals surface area contributed by atoms with Gasteiger partial charge >= 0.3 is 0 Å². The lowest BCUT2D eigenvalue weighted by Gasteiger charge is -2.23. The van der Waals surface area contributed by atoms with Crippen molar-refractivity contribution in [1.82, 2.24) is 9.88 Å². The van der Waals surface area contributed by atoms with Gasteiger partial charge in [0, 0.05) is 31.5 Å². The molecule has 1 heterocycles. The van der Waals surface area contributed by atoms with E-state index in [1.165, 1.54) is 17.3 Å². The molecule has 5 nitrogen and oxygen atoms in total. The molecule has 3 N–H and O–H groups in total. The Labute approximate surface area is 137 Å². The predicted molar refractivity (Wildman–Crippen MR) is 93.1 cm³/mol. The van der Waals surface area contributed by atoms with Gasteiger partial charge in [-0.2, -0.15) is 0 Å². The fourth-order valence-corrected chi connectivity index (χ4v) is 2.27. The molecule has 2 rings (SSSR count). The Hall–Kier alpha value is -2.40. The maximum Gasteiger partial charge on any atom is 0.252 e. The van der Waals surface area contributed by atoms with Gasteiger partial charge in [-0.3, -0.25) is 14.7 Å². The number of amides is 1. The van der Waals surface area contributed by atoms with Crippen LogP contribution >= 0.6 is 0 Å². The number of hydrogen-bond acceptors (Lipinski definition) is 4. The molecule has 122 valence electrons. The van der Waals surface area contributed by atoms with Gasteiger partial charge in [-0.05, 0) is 38.1 Å². The topological polar surface area (TPSA) is 71.2 Å². The van der Waals surface area contributed by atoms with Gasteiger partial charge in [0.05, 0.1) is 11.3 Å². The molecule has 0 fully saturated rings. The third kappa shape index (κ3) is 4.53. The number of anilines is 1. The van der Waals surface area contributed by atoms with Gasteiger partial charge in [0.25, 0.3) is 5.91 Å². The molecule has 0 bridgehead atoms. The average Bonchev–Trinajstić information content (AvgIpc) is 2.54. The van der Waals surface area contributed by atoms with E-state index >= 15 is 0 Å². The number of nitrogens with zero attached hydrogens (tertiary/aromatic N) is 2. The minimum absolute atomic E-state index is 0.407. The van der Waals surface area contributed by atoms with Crippen molar-refractivity contribution in [2.45, 2.75) is 33.0 Å². The molecule has 0 saturated heterocycles. The lowest BCUT2D eigenvalue weighted by Crippen LogP contribution is -2.26. The fraction of sp³-hybridized carbons (Fsp3) is 0.333. The van der Waals surface area contributed by atoms with E-state index in [2.05, 4.69) is 48.2 Å². The van der Waals surface area contributed by atoms with E-state index in [1.54, 1.807) is 12.3 Å². The van der Waals surface area contributed by atoms with Gasteiger partial charge in [0.2, 0.25) is 0 Å². The van der Waals surface area contributed by atoms with Gasteiger partial charge < -0.3 is 11.1 Å². The Balaban J connectivity index is 2.14. The normalized spacial score (nSPS) is 11.0. The van der Waals surface area contributed by atoms with Crippen LogP contribution < -0.4 is 11.1 Å². The molecule has 0 unspecified atom stereocenters. The van der Waals surface area contributed by atoms with Gasteiger partial charge in [-0.1, -0.05) is 24.3 Å². The number of carbonyl (C=O) groups excluding carboxylic acids is 1. The summed E-state index contributed by atoms with van der Waals surface area (Å²) in [6.45, 7) is 5.87. The van der Waals surface area contributed by atoms with Gasteiger partial charge in [0.1, 0.15) is 0 Å². The first-order valence-electron chi connectivity index (χ1n) is 7.73. The lowest BCUT2D eigenvalue weighted by atomic mass is 10.1.